The van der Waals surface area contributed by atoms with Gasteiger partial charge < -0.3 is 19.3 Å². The molecule has 7 heteroatoms. The number of nitrogens with one attached hydrogen (secondary N) is 1. The first-order chi connectivity index (χ1) is 12.7. The number of hydrogen-bond acceptors (Lipinski definition) is 7. The molecule has 136 valence electrons. The van der Waals surface area contributed by atoms with E-state index in [0.29, 0.717) is 19.8 Å². The van der Waals surface area contributed by atoms with Crippen LogP contribution in [-0.2, 0) is 16.1 Å². The van der Waals surface area contributed by atoms with Crippen molar-refractivity contribution in [3.63, 3.8) is 0 Å². The fourth-order valence-corrected chi connectivity index (χ4v) is 3.17. The molecule has 0 amide bonds. The summed E-state index contributed by atoms with van der Waals surface area (Å²) in [5.41, 5.74) is 3.63. The fraction of sp³-hybridized carbons (Fsp3) is 0.421. The van der Waals surface area contributed by atoms with Gasteiger partial charge in [-0.1, -0.05) is 17.3 Å². The van der Waals surface area contributed by atoms with Gasteiger partial charge in [-0.05, 0) is 32.4 Å². The first kappa shape index (κ1) is 16.9. The second kappa shape index (κ2) is 7.39. The SMILES string of the molecule is Cc1noc(C)c1CO[C@@H]1CCOC[C@@H]1Nc1cnc2ccccc2n1. The minimum Gasteiger partial charge on any atom is -0.379 e. The smallest absolute Gasteiger partial charge is 0.145 e. The Kier molecular flexibility index (Phi) is 4.81. The van der Waals surface area contributed by atoms with E-state index in [9.17, 15) is 0 Å². The molecule has 0 aliphatic carbocycles. The molecule has 3 heterocycles. The van der Waals surface area contributed by atoms with Crippen molar-refractivity contribution in [2.45, 2.75) is 39.0 Å². The fourth-order valence-electron chi connectivity index (χ4n) is 3.17. The Morgan fingerprint density at radius 1 is 1.23 bits per heavy atom. The summed E-state index contributed by atoms with van der Waals surface area (Å²) in [5, 5.41) is 7.40. The summed E-state index contributed by atoms with van der Waals surface area (Å²) in [7, 11) is 0. The van der Waals surface area contributed by atoms with Gasteiger partial charge in [0.15, 0.2) is 0 Å². The molecule has 1 aliphatic heterocycles. The van der Waals surface area contributed by atoms with Gasteiger partial charge in [0.1, 0.15) is 11.6 Å². The van der Waals surface area contributed by atoms with Crippen molar-refractivity contribution in [1.29, 1.82) is 0 Å². The van der Waals surface area contributed by atoms with E-state index in [4.69, 9.17) is 14.0 Å². The van der Waals surface area contributed by atoms with E-state index >= 15 is 0 Å². The van der Waals surface area contributed by atoms with Gasteiger partial charge in [0.25, 0.3) is 0 Å². The molecule has 0 bridgehead atoms. The second-order valence-corrected chi connectivity index (χ2v) is 6.51. The van der Waals surface area contributed by atoms with Gasteiger partial charge in [-0.2, -0.15) is 0 Å². The van der Waals surface area contributed by atoms with Crippen LogP contribution in [0.15, 0.2) is 35.0 Å². The molecule has 2 atom stereocenters. The largest absolute Gasteiger partial charge is 0.379 e. The molecular formula is C19H22N4O3. The van der Waals surface area contributed by atoms with Gasteiger partial charge in [0, 0.05) is 12.2 Å². The number of nitrogens with zero attached hydrogens (tertiary/aromatic N) is 3. The Morgan fingerprint density at radius 3 is 2.88 bits per heavy atom. The minimum atomic E-state index is 0.0136. The molecule has 0 unspecified atom stereocenters. The van der Waals surface area contributed by atoms with Crippen LogP contribution in [0.5, 0.6) is 0 Å². The molecule has 0 spiro atoms. The van der Waals surface area contributed by atoms with Crippen LogP contribution in [-0.4, -0.2) is 40.5 Å². The number of hydrogen-bond donors (Lipinski definition) is 1. The molecule has 4 rings (SSSR count). The lowest BCUT2D eigenvalue weighted by Gasteiger charge is -2.32. The van der Waals surface area contributed by atoms with E-state index in [1.54, 1.807) is 6.20 Å². The average Bonchev–Trinajstić information content (AvgIpc) is 2.99. The maximum Gasteiger partial charge on any atom is 0.145 e. The number of fused-ring (bicyclic) bond motifs is 1. The van der Waals surface area contributed by atoms with E-state index in [0.717, 1.165) is 40.3 Å². The van der Waals surface area contributed by atoms with Crippen LogP contribution in [0.1, 0.15) is 23.4 Å². The predicted molar refractivity (Wildman–Crippen MR) is 96.9 cm³/mol. The van der Waals surface area contributed by atoms with E-state index < -0.39 is 0 Å². The van der Waals surface area contributed by atoms with E-state index in [2.05, 4.69) is 20.4 Å². The van der Waals surface area contributed by atoms with Crippen molar-refractivity contribution in [2.24, 2.45) is 0 Å². The van der Waals surface area contributed by atoms with Gasteiger partial charge in [-0.15, -0.1) is 0 Å². The Morgan fingerprint density at radius 2 is 2.08 bits per heavy atom. The average molecular weight is 354 g/mol. The minimum absolute atomic E-state index is 0.0136. The Bertz CT molecular complexity index is 876. The van der Waals surface area contributed by atoms with Crippen molar-refractivity contribution < 1.29 is 14.0 Å². The van der Waals surface area contributed by atoms with Gasteiger partial charge >= 0.3 is 0 Å². The lowest BCUT2D eigenvalue weighted by atomic mass is 10.1. The monoisotopic (exact) mass is 354 g/mol. The van der Waals surface area contributed by atoms with Crippen LogP contribution in [0.3, 0.4) is 0 Å². The lowest BCUT2D eigenvalue weighted by Crippen LogP contribution is -2.44. The van der Waals surface area contributed by atoms with Gasteiger partial charge in [0.2, 0.25) is 0 Å². The molecule has 1 aliphatic rings. The summed E-state index contributed by atoms with van der Waals surface area (Å²) in [6, 6.07) is 7.83. The highest BCUT2D eigenvalue weighted by atomic mass is 16.5. The third-order valence-electron chi connectivity index (χ3n) is 4.70. The van der Waals surface area contributed by atoms with Crippen LogP contribution >= 0.6 is 0 Å². The molecule has 2 aromatic heterocycles. The van der Waals surface area contributed by atoms with Crippen LogP contribution in [0, 0.1) is 13.8 Å². The van der Waals surface area contributed by atoms with Crippen molar-refractivity contribution in [1.82, 2.24) is 15.1 Å². The summed E-state index contributed by atoms with van der Waals surface area (Å²) in [6.07, 6.45) is 2.59. The Hall–Kier alpha value is -2.51. The normalized spacial score (nSPS) is 20.4. The van der Waals surface area contributed by atoms with E-state index in [-0.39, 0.29) is 12.1 Å². The zero-order valence-electron chi connectivity index (χ0n) is 14.9. The van der Waals surface area contributed by atoms with E-state index in [1.807, 2.05) is 38.1 Å². The highest BCUT2D eigenvalue weighted by molar-refractivity contribution is 5.75. The van der Waals surface area contributed by atoms with Crippen molar-refractivity contribution in [3.8, 4) is 0 Å². The highest BCUT2D eigenvalue weighted by Gasteiger charge is 2.27. The van der Waals surface area contributed by atoms with Crippen LogP contribution in [0.4, 0.5) is 5.82 Å². The molecule has 1 aromatic carbocycles. The van der Waals surface area contributed by atoms with Gasteiger partial charge in [-0.3, -0.25) is 4.98 Å². The predicted octanol–water partition coefficient (Wildman–Crippen LogP) is 3.02. The molecular weight excluding hydrogens is 332 g/mol. The standard InChI is InChI=1S/C19H22N4O3/c1-12-14(13(2)26-23-12)10-25-18-7-8-24-11-17(18)22-19-9-20-15-5-3-4-6-16(15)21-19/h3-6,9,17-18H,7-8,10-11H2,1-2H3,(H,21,22)/t17-,18+/m0/s1. The van der Waals surface area contributed by atoms with Crippen LogP contribution in [0.2, 0.25) is 0 Å². The Labute approximate surface area is 151 Å². The zero-order chi connectivity index (χ0) is 17.9. The van der Waals surface area contributed by atoms with Crippen molar-refractivity contribution >= 4 is 16.9 Å². The summed E-state index contributed by atoms with van der Waals surface area (Å²) in [4.78, 5) is 9.09. The molecule has 1 saturated heterocycles. The Balaban J connectivity index is 1.46. The summed E-state index contributed by atoms with van der Waals surface area (Å²) in [5.74, 6) is 1.53. The lowest BCUT2D eigenvalue weighted by molar-refractivity contribution is -0.0482. The number of benzene rings is 1. The first-order valence-electron chi connectivity index (χ1n) is 8.80. The second-order valence-electron chi connectivity index (χ2n) is 6.51. The quantitative estimate of drug-likeness (QED) is 0.754. The third-order valence-corrected chi connectivity index (χ3v) is 4.70. The number of ether oxygens (including phenoxy) is 2. The number of anilines is 1. The summed E-state index contributed by atoms with van der Waals surface area (Å²) < 4.78 is 17.0. The topological polar surface area (TPSA) is 82.3 Å². The highest BCUT2D eigenvalue weighted by Crippen LogP contribution is 2.21. The molecule has 3 aromatic rings. The maximum atomic E-state index is 6.17. The van der Waals surface area contributed by atoms with Crippen LogP contribution < -0.4 is 5.32 Å². The third kappa shape index (κ3) is 3.54. The van der Waals surface area contributed by atoms with Gasteiger partial charge in [0.05, 0.1) is 48.3 Å². The van der Waals surface area contributed by atoms with E-state index in [1.165, 1.54) is 0 Å². The molecule has 26 heavy (non-hydrogen) atoms. The molecule has 1 fully saturated rings. The molecule has 1 N–H and O–H groups in total. The first-order valence-corrected chi connectivity index (χ1v) is 8.80. The van der Waals surface area contributed by atoms with Gasteiger partial charge in [-0.25, -0.2) is 4.98 Å². The maximum absolute atomic E-state index is 6.17. The zero-order valence-corrected chi connectivity index (χ0v) is 14.9. The van der Waals surface area contributed by atoms with Crippen molar-refractivity contribution in [2.75, 3.05) is 18.5 Å². The summed E-state index contributed by atoms with van der Waals surface area (Å²) in [6.45, 7) is 5.57. The number of para-hydroxylation sites is 2. The summed E-state index contributed by atoms with van der Waals surface area (Å²) >= 11 is 0. The molecule has 0 saturated carbocycles. The molecule has 0 radical (unpaired) electrons. The number of rotatable bonds is 5. The van der Waals surface area contributed by atoms with Crippen LogP contribution in [0.25, 0.3) is 11.0 Å². The van der Waals surface area contributed by atoms with Crippen molar-refractivity contribution in [3.05, 3.63) is 47.5 Å². The molecule has 7 nitrogen and oxygen atoms in total. The number of aryl methyl sites for hydroxylation is 2. The number of aromatic nitrogens is 3.